The van der Waals surface area contributed by atoms with Crippen LogP contribution in [-0.4, -0.2) is 18.0 Å². The largest absolute Gasteiger partial charge is 0.299 e. The lowest BCUT2D eigenvalue weighted by Gasteiger charge is -2.30. The lowest BCUT2D eigenvalue weighted by Crippen LogP contribution is -2.32. The lowest BCUT2D eigenvalue weighted by atomic mass is 9.99. The molecule has 0 atom stereocenters. The van der Waals surface area contributed by atoms with E-state index in [1.165, 1.54) is 36.0 Å². The molecular formula is C13H18BrN. The van der Waals surface area contributed by atoms with Crippen LogP contribution in [0.3, 0.4) is 0 Å². The summed E-state index contributed by atoms with van der Waals surface area (Å²) >= 11 is 3.61. The number of piperidine rings is 1. The summed E-state index contributed by atoms with van der Waals surface area (Å²) in [5, 5.41) is 0. The zero-order chi connectivity index (χ0) is 10.7. The average Bonchev–Trinajstić information content (AvgIpc) is 2.25. The molecule has 0 N–H and O–H groups in total. The van der Waals surface area contributed by atoms with Crippen molar-refractivity contribution in [2.24, 2.45) is 5.92 Å². The van der Waals surface area contributed by atoms with Crippen molar-refractivity contribution in [2.75, 3.05) is 13.1 Å². The maximum Gasteiger partial charge on any atom is 0.0244 e. The third-order valence-electron chi connectivity index (χ3n) is 3.23. The fourth-order valence-corrected chi connectivity index (χ4v) is 2.50. The summed E-state index contributed by atoms with van der Waals surface area (Å²) in [6, 6.07) is 8.53. The van der Waals surface area contributed by atoms with E-state index >= 15 is 0 Å². The molecule has 1 aromatic carbocycles. The average molecular weight is 268 g/mol. The Morgan fingerprint density at radius 3 is 2.60 bits per heavy atom. The van der Waals surface area contributed by atoms with Crippen LogP contribution >= 0.6 is 15.9 Å². The molecule has 0 saturated carbocycles. The number of rotatable bonds is 2. The predicted molar refractivity (Wildman–Crippen MR) is 67.8 cm³/mol. The van der Waals surface area contributed by atoms with Crippen LogP contribution in [0.15, 0.2) is 28.7 Å². The van der Waals surface area contributed by atoms with Crippen LogP contribution in [0.1, 0.15) is 25.3 Å². The second-order valence-electron chi connectivity index (χ2n) is 4.55. The Morgan fingerprint density at radius 1 is 1.27 bits per heavy atom. The molecule has 1 saturated heterocycles. The van der Waals surface area contributed by atoms with E-state index in [4.69, 9.17) is 0 Å². The summed E-state index contributed by atoms with van der Waals surface area (Å²) in [6.45, 7) is 5.95. The molecule has 2 heteroatoms. The van der Waals surface area contributed by atoms with E-state index in [0.717, 1.165) is 12.5 Å². The fraction of sp³-hybridized carbons (Fsp3) is 0.538. The number of halogens is 1. The van der Waals surface area contributed by atoms with Gasteiger partial charge in [-0.05, 0) is 43.5 Å². The standard InChI is InChI=1S/C13H18BrN/c1-11-6-8-15(9-7-11)10-12-4-2-3-5-13(12)14/h2-5,11H,6-10H2,1H3. The van der Waals surface area contributed by atoms with Gasteiger partial charge < -0.3 is 0 Å². The van der Waals surface area contributed by atoms with Crippen molar-refractivity contribution >= 4 is 15.9 Å². The normalized spacial score (nSPS) is 19.3. The highest BCUT2D eigenvalue weighted by atomic mass is 79.9. The van der Waals surface area contributed by atoms with E-state index in [1.807, 2.05) is 0 Å². The van der Waals surface area contributed by atoms with Crippen molar-refractivity contribution in [1.82, 2.24) is 4.90 Å². The Bertz CT molecular complexity index is 316. The third kappa shape index (κ3) is 3.05. The van der Waals surface area contributed by atoms with Gasteiger partial charge in [0.05, 0.1) is 0 Å². The second kappa shape index (κ2) is 5.13. The van der Waals surface area contributed by atoms with Gasteiger partial charge in [0.2, 0.25) is 0 Å². The van der Waals surface area contributed by atoms with Crippen molar-refractivity contribution in [3.8, 4) is 0 Å². The highest BCUT2D eigenvalue weighted by molar-refractivity contribution is 9.10. The van der Waals surface area contributed by atoms with Gasteiger partial charge >= 0.3 is 0 Å². The van der Waals surface area contributed by atoms with Gasteiger partial charge in [0.25, 0.3) is 0 Å². The summed E-state index contributed by atoms with van der Waals surface area (Å²) < 4.78 is 1.24. The number of hydrogen-bond acceptors (Lipinski definition) is 1. The molecular weight excluding hydrogens is 250 g/mol. The lowest BCUT2D eigenvalue weighted by molar-refractivity contribution is 0.185. The van der Waals surface area contributed by atoms with Crippen molar-refractivity contribution in [3.05, 3.63) is 34.3 Å². The van der Waals surface area contributed by atoms with Crippen LogP contribution in [0.2, 0.25) is 0 Å². The molecule has 1 nitrogen and oxygen atoms in total. The molecule has 0 bridgehead atoms. The maximum absolute atomic E-state index is 3.61. The fourth-order valence-electron chi connectivity index (χ4n) is 2.09. The molecule has 0 radical (unpaired) electrons. The summed E-state index contributed by atoms with van der Waals surface area (Å²) in [6.07, 6.45) is 2.70. The van der Waals surface area contributed by atoms with Crippen LogP contribution in [0, 0.1) is 5.92 Å². The maximum atomic E-state index is 3.61. The van der Waals surface area contributed by atoms with E-state index in [2.05, 4.69) is 52.0 Å². The van der Waals surface area contributed by atoms with E-state index in [-0.39, 0.29) is 0 Å². The van der Waals surface area contributed by atoms with Crippen LogP contribution in [-0.2, 0) is 6.54 Å². The summed E-state index contributed by atoms with van der Waals surface area (Å²) in [5.41, 5.74) is 1.41. The Morgan fingerprint density at radius 2 is 1.93 bits per heavy atom. The highest BCUT2D eigenvalue weighted by Gasteiger charge is 2.16. The van der Waals surface area contributed by atoms with E-state index < -0.39 is 0 Å². The first-order chi connectivity index (χ1) is 7.25. The van der Waals surface area contributed by atoms with Gasteiger partial charge in [0, 0.05) is 11.0 Å². The minimum absolute atomic E-state index is 0.917. The Balaban J connectivity index is 1.95. The first kappa shape index (κ1) is 11.2. The second-order valence-corrected chi connectivity index (χ2v) is 5.40. The smallest absolute Gasteiger partial charge is 0.0244 e. The van der Waals surface area contributed by atoms with E-state index in [1.54, 1.807) is 0 Å². The van der Waals surface area contributed by atoms with Gasteiger partial charge in [-0.2, -0.15) is 0 Å². The zero-order valence-electron chi connectivity index (χ0n) is 9.25. The molecule has 1 aliphatic rings. The van der Waals surface area contributed by atoms with Gasteiger partial charge in [0.15, 0.2) is 0 Å². The van der Waals surface area contributed by atoms with Gasteiger partial charge in [-0.1, -0.05) is 41.1 Å². The van der Waals surface area contributed by atoms with Crippen LogP contribution in [0.4, 0.5) is 0 Å². The van der Waals surface area contributed by atoms with Crippen molar-refractivity contribution < 1.29 is 0 Å². The van der Waals surface area contributed by atoms with Gasteiger partial charge in [0.1, 0.15) is 0 Å². The topological polar surface area (TPSA) is 3.24 Å². The monoisotopic (exact) mass is 267 g/mol. The molecule has 0 unspecified atom stereocenters. The first-order valence-corrected chi connectivity index (χ1v) is 6.51. The summed E-state index contributed by atoms with van der Waals surface area (Å²) in [5.74, 6) is 0.917. The van der Waals surface area contributed by atoms with Gasteiger partial charge in [-0.25, -0.2) is 0 Å². The van der Waals surface area contributed by atoms with Crippen LogP contribution in [0.5, 0.6) is 0 Å². The molecule has 0 spiro atoms. The van der Waals surface area contributed by atoms with Crippen LogP contribution in [0.25, 0.3) is 0 Å². The van der Waals surface area contributed by atoms with E-state index in [9.17, 15) is 0 Å². The number of likely N-dealkylation sites (tertiary alicyclic amines) is 1. The Hall–Kier alpha value is -0.340. The molecule has 2 rings (SSSR count). The van der Waals surface area contributed by atoms with E-state index in [0.29, 0.717) is 0 Å². The highest BCUT2D eigenvalue weighted by Crippen LogP contribution is 2.21. The van der Waals surface area contributed by atoms with Crippen molar-refractivity contribution in [2.45, 2.75) is 26.3 Å². The minimum Gasteiger partial charge on any atom is -0.299 e. The molecule has 1 aromatic rings. The Kier molecular flexibility index (Phi) is 3.81. The number of hydrogen-bond donors (Lipinski definition) is 0. The van der Waals surface area contributed by atoms with Gasteiger partial charge in [-0.3, -0.25) is 4.90 Å². The van der Waals surface area contributed by atoms with Crippen molar-refractivity contribution in [3.63, 3.8) is 0 Å². The molecule has 1 heterocycles. The summed E-state index contributed by atoms with van der Waals surface area (Å²) in [7, 11) is 0. The van der Waals surface area contributed by atoms with Crippen molar-refractivity contribution in [1.29, 1.82) is 0 Å². The Labute approximate surface area is 101 Å². The zero-order valence-corrected chi connectivity index (χ0v) is 10.8. The number of benzene rings is 1. The molecule has 15 heavy (non-hydrogen) atoms. The SMILES string of the molecule is CC1CCN(Cc2ccccc2Br)CC1. The van der Waals surface area contributed by atoms with Gasteiger partial charge in [-0.15, -0.1) is 0 Å². The third-order valence-corrected chi connectivity index (χ3v) is 4.00. The quantitative estimate of drug-likeness (QED) is 0.790. The van der Waals surface area contributed by atoms with Crippen LogP contribution < -0.4 is 0 Å². The first-order valence-electron chi connectivity index (χ1n) is 5.71. The number of nitrogens with zero attached hydrogens (tertiary/aromatic N) is 1. The molecule has 0 aromatic heterocycles. The molecule has 0 amide bonds. The summed E-state index contributed by atoms with van der Waals surface area (Å²) in [4.78, 5) is 2.56. The molecule has 0 aliphatic carbocycles. The minimum atomic E-state index is 0.917. The predicted octanol–water partition coefficient (Wildman–Crippen LogP) is 3.68. The molecule has 82 valence electrons. The molecule has 1 fully saturated rings. The molecule has 1 aliphatic heterocycles.